The minimum atomic E-state index is -1.02. The van der Waals surface area contributed by atoms with E-state index >= 15 is 0 Å². The third kappa shape index (κ3) is 6.31. The van der Waals surface area contributed by atoms with Crippen molar-refractivity contribution >= 4 is 11.8 Å². The molecule has 0 spiro atoms. The van der Waals surface area contributed by atoms with E-state index in [4.69, 9.17) is 0 Å². The number of aliphatic hydroxyl groups excluding tert-OH is 1. The summed E-state index contributed by atoms with van der Waals surface area (Å²) in [5.41, 5.74) is 1.61. The first-order valence-electron chi connectivity index (χ1n) is 11.5. The molecule has 1 aromatic carbocycles. The molecule has 3 atom stereocenters. The molecule has 2 amide bonds. The Labute approximate surface area is 182 Å². The van der Waals surface area contributed by atoms with E-state index in [0.29, 0.717) is 19.0 Å². The number of hydrogen-bond donors (Lipinski definition) is 2. The Balaban J connectivity index is 1.87. The van der Waals surface area contributed by atoms with Gasteiger partial charge in [0.25, 0.3) is 0 Å². The van der Waals surface area contributed by atoms with Crippen LogP contribution in [0, 0.1) is 17.3 Å². The Hall–Kier alpha value is -1.88. The van der Waals surface area contributed by atoms with Crippen LogP contribution in [0.4, 0.5) is 0 Å². The molecule has 5 nitrogen and oxygen atoms in total. The van der Waals surface area contributed by atoms with Gasteiger partial charge in [-0.15, -0.1) is 0 Å². The molecule has 0 bridgehead atoms. The molecular formula is C25H40N2O3. The lowest BCUT2D eigenvalue weighted by Gasteiger charge is -2.28. The quantitative estimate of drug-likeness (QED) is 0.598. The van der Waals surface area contributed by atoms with Crippen LogP contribution in [-0.2, 0) is 22.7 Å². The molecule has 5 heteroatoms. The number of hydrogen-bond acceptors (Lipinski definition) is 3. The molecule has 3 unspecified atom stereocenters. The largest absolute Gasteiger partial charge is 0.383 e. The van der Waals surface area contributed by atoms with Gasteiger partial charge in [-0.2, -0.15) is 0 Å². The van der Waals surface area contributed by atoms with Crippen molar-refractivity contribution in [2.24, 2.45) is 17.3 Å². The zero-order valence-electron chi connectivity index (χ0n) is 19.4. The number of carbonyl (C=O) groups is 2. The highest BCUT2D eigenvalue weighted by Crippen LogP contribution is 2.36. The average Bonchev–Trinajstić information content (AvgIpc) is 3.20. The SMILES string of the molecule is CCCC1CCCC1C(=O)N(C)Cc1ccc(CNC(=O)C(O)C(C)(C)CC)cc1. The van der Waals surface area contributed by atoms with Gasteiger partial charge >= 0.3 is 0 Å². The van der Waals surface area contributed by atoms with Crippen LogP contribution in [0.2, 0.25) is 0 Å². The summed E-state index contributed by atoms with van der Waals surface area (Å²) in [5, 5.41) is 13.0. The van der Waals surface area contributed by atoms with Crippen LogP contribution in [-0.4, -0.2) is 35.0 Å². The number of nitrogens with one attached hydrogen (secondary N) is 1. The molecule has 2 rings (SSSR count). The van der Waals surface area contributed by atoms with Crippen LogP contribution in [0.25, 0.3) is 0 Å². The summed E-state index contributed by atoms with van der Waals surface area (Å²) >= 11 is 0. The van der Waals surface area contributed by atoms with Crippen LogP contribution in [0.15, 0.2) is 24.3 Å². The Morgan fingerprint density at radius 3 is 2.40 bits per heavy atom. The lowest BCUT2D eigenvalue weighted by Crippen LogP contribution is -2.43. The first kappa shape index (κ1) is 24.4. The highest BCUT2D eigenvalue weighted by molar-refractivity contribution is 5.81. The fraction of sp³-hybridized carbons (Fsp3) is 0.680. The van der Waals surface area contributed by atoms with Crippen molar-refractivity contribution in [3.05, 3.63) is 35.4 Å². The van der Waals surface area contributed by atoms with Gasteiger partial charge in [-0.3, -0.25) is 9.59 Å². The lowest BCUT2D eigenvalue weighted by atomic mass is 9.83. The van der Waals surface area contributed by atoms with Gasteiger partial charge in [0.2, 0.25) is 11.8 Å². The second-order valence-electron chi connectivity index (χ2n) is 9.56. The van der Waals surface area contributed by atoms with E-state index in [0.717, 1.165) is 36.8 Å². The van der Waals surface area contributed by atoms with Crippen molar-refractivity contribution in [1.29, 1.82) is 0 Å². The molecular weight excluding hydrogens is 376 g/mol. The van der Waals surface area contributed by atoms with Crippen molar-refractivity contribution in [3.8, 4) is 0 Å². The second kappa shape index (κ2) is 10.9. The summed E-state index contributed by atoms with van der Waals surface area (Å²) in [6.07, 6.45) is 5.36. The van der Waals surface area contributed by atoms with Crippen LogP contribution >= 0.6 is 0 Å². The minimum Gasteiger partial charge on any atom is -0.383 e. The molecule has 0 aromatic heterocycles. The number of nitrogens with zero attached hydrogens (tertiary/aromatic N) is 1. The van der Waals surface area contributed by atoms with Gasteiger partial charge < -0.3 is 15.3 Å². The molecule has 0 saturated heterocycles. The van der Waals surface area contributed by atoms with Crippen molar-refractivity contribution in [2.75, 3.05) is 7.05 Å². The standard InChI is InChI=1S/C25H40N2O3/c1-6-9-20-10-8-11-21(20)24(30)27(5)17-19-14-12-18(13-15-19)16-26-23(29)22(28)25(3,4)7-2/h12-15,20-22,28H,6-11,16-17H2,1-5H3,(H,26,29). The molecule has 30 heavy (non-hydrogen) atoms. The maximum Gasteiger partial charge on any atom is 0.249 e. The van der Waals surface area contributed by atoms with Gasteiger partial charge in [0, 0.05) is 26.1 Å². The van der Waals surface area contributed by atoms with E-state index in [1.54, 1.807) is 0 Å². The maximum atomic E-state index is 12.9. The second-order valence-corrected chi connectivity index (χ2v) is 9.56. The Morgan fingerprint density at radius 2 is 1.80 bits per heavy atom. The fourth-order valence-electron chi connectivity index (χ4n) is 4.31. The molecule has 1 aliphatic carbocycles. The topological polar surface area (TPSA) is 69.6 Å². The van der Waals surface area contributed by atoms with Crippen LogP contribution in [0.5, 0.6) is 0 Å². The molecule has 1 fully saturated rings. The summed E-state index contributed by atoms with van der Waals surface area (Å²) in [6, 6.07) is 7.97. The summed E-state index contributed by atoms with van der Waals surface area (Å²) in [6.45, 7) is 8.92. The highest BCUT2D eigenvalue weighted by atomic mass is 16.3. The summed E-state index contributed by atoms with van der Waals surface area (Å²) in [5.74, 6) is 0.663. The number of aliphatic hydroxyl groups is 1. The van der Waals surface area contributed by atoms with Gasteiger partial charge in [-0.05, 0) is 48.1 Å². The van der Waals surface area contributed by atoms with Gasteiger partial charge in [0.15, 0.2) is 0 Å². The predicted molar refractivity (Wildman–Crippen MR) is 121 cm³/mol. The first-order chi connectivity index (χ1) is 14.2. The molecule has 2 N–H and O–H groups in total. The molecule has 168 valence electrons. The summed E-state index contributed by atoms with van der Waals surface area (Å²) in [4.78, 5) is 27.0. The monoisotopic (exact) mass is 416 g/mol. The normalized spacial score (nSPS) is 20.1. The molecule has 0 aliphatic heterocycles. The Morgan fingerprint density at radius 1 is 1.17 bits per heavy atom. The Kier molecular flexibility index (Phi) is 8.90. The van der Waals surface area contributed by atoms with E-state index < -0.39 is 11.5 Å². The number of benzene rings is 1. The summed E-state index contributed by atoms with van der Waals surface area (Å²) < 4.78 is 0. The van der Waals surface area contributed by atoms with Crippen LogP contribution in [0.1, 0.15) is 77.3 Å². The fourth-order valence-corrected chi connectivity index (χ4v) is 4.31. The van der Waals surface area contributed by atoms with E-state index in [1.807, 2.05) is 57.0 Å². The number of carbonyl (C=O) groups excluding carboxylic acids is 2. The van der Waals surface area contributed by atoms with Crippen molar-refractivity contribution in [3.63, 3.8) is 0 Å². The molecule has 1 aliphatic rings. The lowest BCUT2D eigenvalue weighted by molar-refractivity contribution is -0.136. The molecule has 0 radical (unpaired) electrons. The van der Waals surface area contributed by atoms with E-state index in [9.17, 15) is 14.7 Å². The van der Waals surface area contributed by atoms with Gasteiger partial charge in [0.05, 0.1) is 0 Å². The third-order valence-electron chi connectivity index (χ3n) is 6.82. The smallest absolute Gasteiger partial charge is 0.249 e. The average molecular weight is 417 g/mol. The zero-order chi connectivity index (χ0) is 22.3. The van der Waals surface area contributed by atoms with E-state index in [2.05, 4.69) is 12.2 Å². The van der Waals surface area contributed by atoms with Crippen molar-refractivity contribution < 1.29 is 14.7 Å². The number of amides is 2. The predicted octanol–water partition coefficient (Wildman–Crippen LogP) is 4.27. The van der Waals surface area contributed by atoms with E-state index in [-0.39, 0.29) is 17.7 Å². The maximum absolute atomic E-state index is 12.9. The summed E-state index contributed by atoms with van der Waals surface area (Å²) in [7, 11) is 1.90. The van der Waals surface area contributed by atoms with Crippen LogP contribution in [0.3, 0.4) is 0 Å². The molecule has 1 aromatic rings. The number of rotatable bonds is 10. The first-order valence-corrected chi connectivity index (χ1v) is 11.5. The van der Waals surface area contributed by atoms with Gasteiger partial charge in [-0.1, -0.05) is 64.8 Å². The molecule has 1 saturated carbocycles. The van der Waals surface area contributed by atoms with E-state index in [1.165, 1.54) is 12.8 Å². The minimum absolute atomic E-state index is 0.184. The van der Waals surface area contributed by atoms with Crippen molar-refractivity contribution in [1.82, 2.24) is 10.2 Å². The van der Waals surface area contributed by atoms with Gasteiger partial charge in [-0.25, -0.2) is 0 Å². The van der Waals surface area contributed by atoms with Crippen molar-refractivity contribution in [2.45, 2.75) is 85.4 Å². The zero-order valence-corrected chi connectivity index (χ0v) is 19.4. The van der Waals surface area contributed by atoms with Gasteiger partial charge in [0.1, 0.15) is 6.10 Å². The third-order valence-corrected chi connectivity index (χ3v) is 6.82. The Bertz CT molecular complexity index is 699. The highest BCUT2D eigenvalue weighted by Gasteiger charge is 2.34. The molecule has 0 heterocycles. The van der Waals surface area contributed by atoms with Crippen LogP contribution < -0.4 is 5.32 Å².